The monoisotopic (exact) mass is 234 g/mol. The minimum Gasteiger partial charge on any atom is -0.493 e. The summed E-state index contributed by atoms with van der Waals surface area (Å²) < 4.78 is 11.4. The lowest BCUT2D eigenvalue weighted by Crippen LogP contribution is -2.23. The normalized spacial score (nSPS) is 13.0. The number of rotatable bonds is 4. The highest BCUT2D eigenvalue weighted by Crippen LogP contribution is 2.37. The molecule has 0 aliphatic heterocycles. The Morgan fingerprint density at radius 1 is 1.29 bits per heavy atom. The van der Waals surface area contributed by atoms with Crippen molar-refractivity contribution in [1.29, 1.82) is 0 Å². The fourth-order valence-corrected chi connectivity index (χ4v) is 1.65. The van der Waals surface area contributed by atoms with Crippen LogP contribution < -0.4 is 9.47 Å². The number of hydrogen-bond acceptors (Lipinski definition) is 2. The molecule has 0 bridgehead atoms. The van der Waals surface area contributed by atoms with Gasteiger partial charge < -0.3 is 9.47 Å². The molecule has 1 atom stereocenters. The van der Waals surface area contributed by atoms with E-state index in [4.69, 9.17) is 9.47 Å². The summed E-state index contributed by atoms with van der Waals surface area (Å²) in [6, 6.07) is 5.96. The largest absolute Gasteiger partial charge is 0.493 e. The number of hydrogen-bond donors (Lipinski definition) is 0. The van der Waals surface area contributed by atoms with Gasteiger partial charge in [0.05, 0.1) is 7.11 Å². The van der Waals surface area contributed by atoms with Gasteiger partial charge >= 0.3 is 0 Å². The first-order valence-corrected chi connectivity index (χ1v) is 5.87. The lowest BCUT2D eigenvalue weighted by atomic mass is 10.00. The summed E-state index contributed by atoms with van der Waals surface area (Å²) in [6.45, 7) is 12.0. The molecule has 1 unspecified atom stereocenters. The molecule has 94 valence electrons. The zero-order valence-corrected chi connectivity index (χ0v) is 11.4. The Labute approximate surface area is 104 Å². The van der Waals surface area contributed by atoms with Crippen LogP contribution in [0, 0.1) is 0 Å². The van der Waals surface area contributed by atoms with Gasteiger partial charge in [-0.25, -0.2) is 0 Å². The van der Waals surface area contributed by atoms with Gasteiger partial charge in [0.15, 0.2) is 11.5 Å². The molecule has 0 aliphatic carbocycles. The zero-order chi connectivity index (χ0) is 13.1. The highest BCUT2D eigenvalue weighted by atomic mass is 16.5. The Balaban J connectivity index is 3.18. The molecular weight excluding hydrogens is 212 g/mol. The Morgan fingerprint density at radius 3 is 2.41 bits per heavy atom. The van der Waals surface area contributed by atoms with E-state index in [2.05, 4.69) is 13.5 Å². The predicted octanol–water partition coefficient (Wildman–Crippen LogP) is 4.16. The summed E-state index contributed by atoms with van der Waals surface area (Å²) in [7, 11) is 1.67. The van der Waals surface area contributed by atoms with Crippen molar-refractivity contribution in [3.05, 3.63) is 36.4 Å². The lowest BCUT2D eigenvalue weighted by molar-refractivity contribution is 0.125. The summed E-state index contributed by atoms with van der Waals surface area (Å²) >= 11 is 0. The Hall–Kier alpha value is -1.44. The van der Waals surface area contributed by atoms with Gasteiger partial charge in [0.2, 0.25) is 0 Å². The van der Waals surface area contributed by atoms with Crippen LogP contribution in [0.4, 0.5) is 0 Å². The van der Waals surface area contributed by atoms with Crippen molar-refractivity contribution in [1.82, 2.24) is 0 Å². The fourth-order valence-electron chi connectivity index (χ4n) is 1.65. The number of ether oxygens (including phenoxy) is 2. The Kier molecular flexibility index (Phi) is 4.22. The van der Waals surface area contributed by atoms with Gasteiger partial charge in [-0.15, -0.1) is 6.58 Å². The molecule has 0 radical (unpaired) electrons. The second kappa shape index (κ2) is 5.26. The van der Waals surface area contributed by atoms with Gasteiger partial charge in [-0.05, 0) is 26.8 Å². The van der Waals surface area contributed by atoms with E-state index in [1.807, 2.05) is 45.0 Å². The molecule has 0 amide bonds. The van der Waals surface area contributed by atoms with Gasteiger partial charge in [-0.2, -0.15) is 0 Å². The third-order valence-corrected chi connectivity index (χ3v) is 2.47. The van der Waals surface area contributed by atoms with Crippen LogP contribution in [-0.4, -0.2) is 12.7 Å². The average Bonchev–Trinajstić information content (AvgIpc) is 2.25. The van der Waals surface area contributed by atoms with Gasteiger partial charge in [0, 0.05) is 11.5 Å². The molecule has 0 heterocycles. The molecular formula is C15H22O2. The molecule has 0 saturated carbocycles. The maximum atomic E-state index is 5.90. The summed E-state index contributed by atoms with van der Waals surface area (Å²) in [6.07, 6.45) is 1.90. The number of allylic oxidation sites excluding steroid dienone is 1. The fraction of sp³-hybridized carbons (Fsp3) is 0.467. The second-order valence-corrected chi connectivity index (χ2v) is 5.12. The molecule has 0 aromatic heterocycles. The summed E-state index contributed by atoms with van der Waals surface area (Å²) in [4.78, 5) is 0. The third kappa shape index (κ3) is 3.52. The second-order valence-electron chi connectivity index (χ2n) is 5.12. The maximum Gasteiger partial charge on any atom is 0.164 e. The molecule has 0 N–H and O–H groups in total. The molecule has 0 aliphatic rings. The van der Waals surface area contributed by atoms with Gasteiger partial charge in [0.25, 0.3) is 0 Å². The molecule has 0 spiro atoms. The van der Waals surface area contributed by atoms with Crippen molar-refractivity contribution in [3.63, 3.8) is 0 Å². The molecule has 0 fully saturated rings. The number of methoxy groups -OCH3 is 1. The van der Waals surface area contributed by atoms with Crippen LogP contribution in [0.2, 0.25) is 0 Å². The highest BCUT2D eigenvalue weighted by molar-refractivity contribution is 5.49. The van der Waals surface area contributed by atoms with E-state index in [9.17, 15) is 0 Å². The first-order valence-electron chi connectivity index (χ1n) is 5.87. The predicted molar refractivity (Wildman–Crippen MR) is 72.0 cm³/mol. The van der Waals surface area contributed by atoms with E-state index >= 15 is 0 Å². The van der Waals surface area contributed by atoms with Crippen LogP contribution in [0.25, 0.3) is 0 Å². The smallest absolute Gasteiger partial charge is 0.164 e. The molecule has 1 rings (SSSR count). The molecule has 1 aromatic carbocycles. The number of para-hydroxylation sites is 1. The van der Waals surface area contributed by atoms with E-state index in [0.717, 1.165) is 17.1 Å². The minimum absolute atomic E-state index is 0.233. The summed E-state index contributed by atoms with van der Waals surface area (Å²) in [5.74, 6) is 1.83. The lowest BCUT2D eigenvalue weighted by Gasteiger charge is -2.24. The van der Waals surface area contributed by atoms with Crippen LogP contribution in [0.5, 0.6) is 11.5 Å². The summed E-state index contributed by atoms with van der Waals surface area (Å²) in [5.41, 5.74) is 0.868. The summed E-state index contributed by atoms with van der Waals surface area (Å²) in [5, 5.41) is 0. The van der Waals surface area contributed by atoms with Crippen molar-refractivity contribution in [2.75, 3.05) is 7.11 Å². The number of benzene rings is 1. The standard InChI is InChI=1S/C15H22O2/c1-7-11(2)12-9-8-10-13(14(12)16-6)17-15(3,4)5/h7-11H,1H2,2-6H3. The van der Waals surface area contributed by atoms with Gasteiger partial charge in [0.1, 0.15) is 5.60 Å². The van der Waals surface area contributed by atoms with Crippen LogP contribution in [0.15, 0.2) is 30.9 Å². The molecule has 0 saturated heterocycles. The van der Waals surface area contributed by atoms with E-state index in [1.165, 1.54) is 0 Å². The average molecular weight is 234 g/mol. The van der Waals surface area contributed by atoms with E-state index in [-0.39, 0.29) is 11.5 Å². The van der Waals surface area contributed by atoms with Crippen LogP contribution >= 0.6 is 0 Å². The van der Waals surface area contributed by atoms with Crippen molar-refractivity contribution < 1.29 is 9.47 Å². The first-order chi connectivity index (χ1) is 7.89. The molecule has 1 aromatic rings. The highest BCUT2D eigenvalue weighted by Gasteiger charge is 2.18. The van der Waals surface area contributed by atoms with Crippen molar-refractivity contribution in [3.8, 4) is 11.5 Å². The van der Waals surface area contributed by atoms with E-state index < -0.39 is 0 Å². The molecule has 2 nitrogen and oxygen atoms in total. The topological polar surface area (TPSA) is 18.5 Å². The van der Waals surface area contributed by atoms with Crippen molar-refractivity contribution in [2.45, 2.75) is 39.2 Å². The van der Waals surface area contributed by atoms with Crippen molar-refractivity contribution >= 4 is 0 Å². The first kappa shape index (κ1) is 13.6. The third-order valence-electron chi connectivity index (χ3n) is 2.47. The van der Waals surface area contributed by atoms with Crippen LogP contribution in [0.1, 0.15) is 39.2 Å². The van der Waals surface area contributed by atoms with Crippen LogP contribution in [0.3, 0.4) is 0 Å². The van der Waals surface area contributed by atoms with Crippen molar-refractivity contribution in [2.24, 2.45) is 0 Å². The minimum atomic E-state index is -0.233. The quantitative estimate of drug-likeness (QED) is 0.728. The Bertz CT molecular complexity index is 388. The maximum absolute atomic E-state index is 5.90. The van der Waals surface area contributed by atoms with Gasteiger partial charge in [-0.1, -0.05) is 25.1 Å². The molecule has 17 heavy (non-hydrogen) atoms. The van der Waals surface area contributed by atoms with Crippen LogP contribution in [-0.2, 0) is 0 Å². The van der Waals surface area contributed by atoms with E-state index in [0.29, 0.717) is 0 Å². The van der Waals surface area contributed by atoms with Gasteiger partial charge in [-0.3, -0.25) is 0 Å². The molecule has 2 heteroatoms. The SMILES string of the molecule is C=CC(C)c1cccc(OC(C)(C)C)c1OC. The van der Waals surface area contributed by atoms with E-state index in [1.54, 1.807) is 7.11 Å². The zero-order valence-electron chi connectivity index (χ0n) is 11.4. The Morgan fingerprint density at radius 2 is 1.94 bits per heavy atom.